The number of aliphatic hydroxyl groups excluding tert-OH is 1. The molecule has 25 heavy (non-hydrogen) atoms. The molecule has 3 amide bonds. The Morgan fingerprint density at radius 1 is 1.32 bits per heavy atom. The van der Waals surface area contributed by atoms with E-state index >= 15 is 0 Å². The first-order valence-corrected chi connectivity index (χ1v) is 9.40. The number of hydrogen-bond donors (Lipinski definition) is 4. The summed E-state index contributed by atoms with van der Waals surface area (Å²) in [6, 6.07) is 7.62. The lowest BCUT2D eigenvalue weighted by molar-refractivity contribution is 0.0998. The Labute approximate surface area is 154 Å². The van der Waals surface area contributed by atoms with Gasteiger partial charge in [0.1, 0.15) is 15.6 Å². The minimum absolute atomic E-state index is 0.00677. The van der Waals surface area contributed by atoms with Gasteiger partial charge < -0.3 is 16.2 Å². The number of primary amides is 1. The van der Waals surface area contributed by atoms with Crippen LogP contribution in [-0.2, 0) is 5.75 Å². The van der Waals surface area contributed by atoms with E-state index in [1.54, 1.807) is 0 Å². The Kier molecular flexibility index (Phi) is 7.23. The number of nitrogens with one attached hydrogen (secondary N) is 2. The van der Waals surface area contributed by atoms with E-state index in [0.29, 0.717) is 28.7 Å². The summed E-state index contributed by atoms with van der Waals surface area (Å²) in [7, 11) is 0. The fourth-order valence-corrected chi connectivity index (χ4v) is 3.86. The molecule has 0 spiro atoms. The average Bonchev–Trinajstić information content (AvgIpc) is 2.97. The normalized spacial score (nSPS) is 10.5. The third kappa shape index (κ3) is 5.73. The molecule has 1 aromatic carbocycles. The van der Waals surface area contributed by atoms with E-state index in [9.17, 15) is 9.59 Å². The molecular weight excluding hydrogens is 360 g/mol. The standard InChI is InChI=1S/C16H20N4O3S2/c1-10-3-5-11(6-4-10)9-24-15-12(13(17)22)14(25-20-15)19-16(23)18-7-2-8-21/h3-6,21H,2,7-9H2,1H3,(H2,17,22)(H2,18,19,23). The lowest BCUT2D eigenvalue weighted by Crippen LogP contribution is -2.30. The number of nitrogens with two attached hydrogens (primary N) is 1. The van der Waals surface area contributed by atoms with Gasteiger partial charge in [0.2, 0.25) is 0 Å². The number of hydrogen-bond acceptors (Lipinski definition) is 6. The highest BCUT2D eigenvalue weighted by Crippen LogP contribution is 2.33. The summed E-state index contributed by atoms with van der Waals surface area (Å²) in [6.45, 7) is 2.35. The van der Waals surface area contributed by atoms with Crippen molar-refractivity contribution in [3.8, 4) is 0 Å². The van der Waals surface area contributed by atoms with Crippen LogP contribution in [0.4, 0.5) is 9.80 Å². The van der Waals surface area contributed by atoms with E-state index in [4.69, 9.17) is 10.8 Å². The molecule has 0 saturated carbocycles. The number of anilines is 1. The zero-order chi connectivity index (χ0) is 18.2. The zero-order valence-corrected chi connectivity index (χ0v) is 15.4. The molecule has 2 aromatic rings. The van der Waals surface area contributed by atoms with Crippen molar-refractivity contribution in [1.29, 1.82) is 0 Å². The van der Waals surface area contributed by atoms with Crippen molar-refractivity contribution in [2.24, 2.45) is 5.73 Å². The summed E-state index contributed by atoms with van der Waals surface area (Å²) in [6.07, 6.45) is 0.455. The van der Waals surface area contributed by atoms with Gasteiger partial charge in [-0.15, -0.1) is 0 Å². The molecule has 0 aliphatic heterocycles. The summed E-state index contributed by atoms with van der Waals surface area (Å²) in [5.74, 6) is 0.0118. The van der Waals surface area contributed by atoms with Crippen LogP contribution in [0.5, 0.6) is 0 Å². The first-order valence-electron chi connectivity index (χ1n) is 7.64. The molecular formula is C16H20N4O3S2. The molecule has 0 unspecified atom stereocenters. The largest absolute Gasteiger partial charge is 0.396 e. The summed E-state index contributed by atoms with van der Waals surface area (Å²) in [4.78, 5) is 23.6. The SMILES string of the molecule is Cc1ccc(CSc2nsc(NC(=O)NCCCO)c2C(N)=O)cc1. The van der Waals surface area contributed by atoms with Crippen LogP contribution in [-0.4, -0.2) is 34.6 Å². The van der Waals surface area contributed by atoms with Crippen LogP contribution in [0, 0.1) is 6.92 Å². The molecule has 9 heteroatoms. The second-order valence-corrected chi connectivity index (χ2v) is 7.03. The number of aryl methyl sites for hydroxylation is 1. The van der Waals surface area contributed by atoms with Crippen LogP contribution in [0.1, 0.15) is 27.9 Å². The fourth-order valence-electron chi connectivity index (χ4n) is 1.94. The van der Waals surface area contributed by atoms with Crippen LogP contribution in [0.3, 0.4) is 0 Å². The predicted molar refractivity (Wildman–Crippen MR) is 100 cm³/mol. The van der Waals surface area contributed by atoms with E-state index in [2.05, 4.69) is 15.0 Å². The van der Waals surface area contributed by atoms with Crippen molar-refractivity contribution in [3.63, 3.8) is 0 Å². The zero-order valence-electron chi connectivity index (χ0n) is 13.7. The molecule has 2 rings (SSSR count). The summed E-state index contributed by atoms with van der Waals surface area (Å²) >= 11 is 2.41. The van der Waals surface area contributed by atoms with Gasteiger partial charge in [-0.2, -0.15) is 4.37 Å². The van der Waals surface area contributed by atoms with Crippen molar-refractivity contribution >= 4 is 40.2 Å². The quantitative estimate of drug-likeness (QED) is 0.414. The van der Waals surface area contributed by atoms with Crippen molar-refractivity contribution in [1.82, 2.24) is 9.69 Å². The highest BCUT2D eigenvalue weighted by molar-refractivity contribution is 7.98. The van der Waals surface area contributed by atoms with E-state index in [-0.39, 0.29) is 12.2 Å². The fraction of sp³-hybridized carbons (Fsp3) is 0.312. The van der Waals surface area contributed by atoms with E-state index in [1.165, 1.54) is 17.3 Å². The van der Waals surface area contributed by atoms with Gasteiger partial charge in [-0.25, -0.2) is 4.79 Å². The Morgan fingerprint density at radius 2 is 2.04 bits per heavy atom. The maximum Gasteiger partial charge on any atom is 0.319 e. The first kappa shape index (κ1) is 19.2. The van der Waals surface area contributed by atoms with E-state index < -0.39 is 11.9 Å². The summed E-state index contributed by atoms with van der Waals surface area (Å²) < 4.78 is 4.24. The number of thioether (sulfide) groups is 1. The maximum absolute atomic E-state index is 11.8. The van der Waals surface area contributed by atoms with Crippen LogP contribution in [0.2, 0.25) is 0 Å². The summed E-state index contributed by atoms with van der Waals surface area (Å²) in [5, 5.41) is 14.7. The number of urea groups is 1. The van der Waals surface area contributed by atoms with Gasteiger partial charge in [-0.05, 0) is 30.4 Å². The van der Waals surface area contributed by atoms with Gasteiger partial charge in [-0.1, -0.05) is 41.6 Å². The van der Waals surface area contributed by atoms with Gasteiger partial charge >= 0.3 is 6.03 Å². The number of carbonyl (C=O) groups excluding carboxylic acids is 2. The second-order valence-electron chi connectivity index (χ2n) is 5.29. The molecule has 0 aliphatic rings. The smallest absolute Gasteiger partial charge is 0.319 e. The number of aliphatic hydroxyl groups is 1. The molecule has 1 aromatic heterocycles. The second kappa shape index (κ2) is 9.40. The number of aromatic nitrogens is 1. The van der Waals surface area contributed by atoms with Crippen molar-refractivity contribution in [2.75, 3.05) is 18.5 Å². The Morgan fingerprint density at radius 3 is 2.68 bits per heavy atom. The highest BCUT2D eigenvalue weighted by Gasteiger charge is 2.20. The predicted octanol–water partition coefficient (Wildman–Crippen LogP) is 2.35. The average molecular weight is 380 g/mol. The molecule has 0 radical (unpaired) electrons. The Bertz CT molecular complexity index is 731. The van der Waals surface area contributed by atoms with Crippen LogP contribution in [0.15, 0.2) is 29.3 Å². The van der Waals surface area contributed by atoms with Gasteiger partial charge in [0.15, 0.2) is 0 Å². The van der Waals surface area contributed by atoms with Crippen LogP contribution < -0.4 is 16.4 Å². The first-order chi connectivity index (χ1) is 12.0. The van der Waals surface area contributed by atoms with Crippen molar-refractivity contribution < 1.29 is 14.7 Å². The lowest BCUT2D eigenvalue weighted by Gasteiger charge is -2.06. The van der Waals surface area contributed by atoms with Crippen LogP contribution in [0.25, 0.3) is 0 Å². The Balaban J connectivity index is 2.04. The van der Waals surface area contributed by atoms with Gasteiger partial charge in [0.05, 0.1) is 0 Å². The molecule has 0 atom stereocenters. The molecule has 0 aliphatic carbocycles. The maximum atomic E-state index is 11.8. The molecule has 0 saturated heterocycles. The van der Waals surface area contributed by atoms with Crippen molar-refractivity contribution in [3.05, 3.63) is 41.0 Å². The number of nitrogens with zero attached hydrogens (tertiary/aromatic N) is 1. The van der Waals surface area contributed by atoms with E-state index in [1.807, 2.05) is 31.2 Å². The number of amides is 3. The molecule has 0 fully saturated rings. The highest BCUT2D eigenvalue weighted by atomic mass is 32.2. The summed E-state index contributed by atoms with van der Waals surface area (Å²) in [5.41, 5.74) is 7.96. The van der Waals surface area contributed by atoms with Gasteiger partial charge in [0, 0.05) is 18.9 Å². The third-order valence-corrected chi connectivity index (χ3v) is 5.18. The van der Waals surface area contributed by atoms with Crippen molar-refractivity contribution in [2.45, 2.75) is 24.1 Å². The monoisotopic (exact) mass is 380 g/mol. The lowest BCUT2D eigenvalue weighted by atomic mass is 10.2. The topological polar surface area (TPSA) is 117 Å². The van der Waals surface area contributed by atoms with Gasteiger partial charge in [0.25, 0.3) is 5.91 Å². The van der Waals surface area contributed by atoms with Crippen LogP contribution >= 0.6 is 23.3 Å². The van der Waals surface area contributed by atoms with Gasteiger partial charge in [-0.3, -0.25) is 10.1 Å². The number of rotatable bonds is 8. The Hall–Kier alpha value is -2.10. The minimum Gasteiger partial charge on any atom is -0.396 e. The molecule has 134 valence electrons. The molecule has 1 heterocycles. The molecule has 7 nitrogen and oxygen atoms in total. The molecule has 0 bridgehead atoms. The number of benzene rings is 1. The number of carbonyl (C=O) groups is 2. The van der Waals surface area contributed by atoms with E-state index in [0.717, 1.165) is 17.1 Å². The minimum atomic E-state index is -0.634. The third-order valence-electron chi connectivity index (χ3n) is 3.25. The molecule has 5 N–H and O–H groups in total.